The molecule has 0 aromatic heterocycles. The summed E-state index contributed by atoms with van der Waals surface area (Å²) in [7, 11) is 0. The highest BCUT2D eigenvalue weighted by Crippen LogP contribution is 2.29. The van der Waals surface area contributed by atoms with Gasteiger partial charge in [-0.2, -0.15) is 0 Å². The summed E-state index contributed by atoms with van der Waals surface area (Å²) in [5.41, 5.74) is 1.02. The number of likely N-dealkylation sites (N-methyl/N-ethyl adjacent to an activating group) is 1. The first-order chi connectivity index (χ1) is 13.0. The fraction of sp³-hybridized carbons (Fsp3) is 0.600. The van der Waals surface area contributed by atoms with Gasteiger partial charge in [0, 0.05) is 24.7 Å². The van der Waals surface area contributed by atoms with Crippen LogP contribution in [0, 0.1) is 5.82 Å². The SMILES string of the molecule is CCN(CC(=O)O)C1CC(NC(=O)N(CCc2ccc(F)cc2)C2CC2)C1. The van der Waals surface area contributed by atoms with E-state index in [1.807, 2.05) is 16.7 Å². The Balaban J connectivity index is 1.46. The Bertz CT molecular complexity index is 657. The molecule has 0 spiro atoms. The van der Waals surface area contributed by atoms with Gasteiger partial charge < -0.3 is 15.3 Å². The zero-order valence-corrected chi connectivity index (χ0v) is 15.7. The van der Waals surface area contributed by atoms with Crippen molar-refractivity contribution >= 4 is 12.0 Å². The highest BCUT2D eigenvalue weighted by atomic mass is 19.1. The van der Waals surface area contributed by atoms with Crippen LogP contribution in [0.15, 0.2) is 24.3 Å². The quantitative estimate of drug-likeness (QED) is 0.693. The molecule has 3 rings (SSSR count). The lowest BCUT2D eigenvalue weighted by atomic mass is 9.85. The number of hydrogen-bond donors (Lipinski definition) is 2. The van der Waals surface area contributed by atoms with Crippen molar-refractivity contribution < 1.29 is 19.1 Å². The molecule has 1 aromatic carbocycles. The van der Waals surface area contributed by atoms with Crippen LogP contribution >= 0.6 is 0 Å². The molecule has 0 bridgehead atoms. The molecule has 2 N–H and O–H groups in total. The number of hydrogen-bond acceptors (Lipinski definition) is 3. The Kier molecular flexibility index (Phi) is 6.31. The predicted octanol–water partition coefficient (Wildman–Crippen LogP) is 2.48. The van der Waals surface area contributed by atoms with Crippen molar-refractivity contribution in [3.8, 4) is 0 Å². The van der Waals surface area contributed by atoms with Gasteiger partial charge in [0.05, 0.1) is 6.54 Å². The number of halogens is 1. The van der Waals surface area contributed by atoms with E-state index < -0.39 is 5.97 Å². The number of benzene rings is 1. The number of nitrogens with zero attached hydrogens (tertiary/aromatic N) is 2. The van der Waals surface area contributed by atoms with Gasteiger partial charge in [0.25, 0.3) is 0 Å². The van der Waals surface area contributed by atoms with E-state index in [4.69, 9.17) is 5.11 Å². The van der Waals surface area contributed by atoms with Gasteiger partial charge >= 0.3 is 12.0 Å². The number of nitrogens with one attached hydrogen (secondary N) is 1. The molecule has 6 nitrogen and oxygen atoms in total. The first-order valence-corrected chi connectivity index (χ1v) is 9.73. The third kappa shape index (κ3) is 5.42. The van der Waals surface area contributed by atoms with Gasteiger partial charge in [-0.05, 0) is 56.3 Å². The van der Waals surface area contributed by atoms with E-state index in [0.717, 1.165) is 31.2 Å². The van der Waals surface area contributed by atoms with Crippen molar-refractivity contribution in [3.05, 3.63) is 35.6 Å². The van der Waals surface area contributed by atoms with Crippen LogP contribution in [-0.4, -0.2) is 64.7 Å². The average molecular weight is 377 g/mol. The summed E-state index contributed by atoms with van der Waals surface area (Å²) in [5.74, 6) is -1.07. The molecule has 0 unspecified atom stereocenters. The second-order valence-corrected chi connectivity index (χ2v) is 7.53. The zero-order valence-electron chi connectivity index (χ0n) is 15.7. The summed E-state index contributed by atoms with van der Waals surface area (Å²) in [6.07, 6.45) is 4.37. The van der Waals surface area contributed by atoms with E-state index in [2.05, 4.69) is 5.32 Å². The largest absolute Gasteiger partial charge is 0.480 e. The van der Waals surface area contributed by atoms with E-state index in [1.54, 1.807) is 12.1 Å². The van der Waals surface area contributed by atoms with Crippen LogP contribution in [0.25, 0.3) is 0 Å². The number of amides is 2. The second kappa shape index (κ2) is 8.69. The van der Waals surface area contributed by atoms with Crippen LogP contribution in [0.3, 0.4) is 0 Å². The Labute approximate surface area is 159 Å². The van der Waals surface area contributed by atoms with E-state index in [9.17, 15) is 14.0 Å². The molecule has 0 radical (unpaired) electrons. The minimum absolute atomic E-state index is 0.0376. The highest BCUT2D eigenvalue weighted by molar-refractivity contribution is 5.75. The molecule has 2 fully saturated rings. The van der Waals surface area contributed by atoms with Crippen molar-refractivity contribution in [2.24, 2.45) is 0 Å². The summed E-state index contributed by atoms with van der Waals surface area (Å²) < 4.78 is 13.0. The maximum absolute atomic E-state index is 13.0. The Morgan fingerprint density at radius 1 is 1.19 bits per heavy atom. The maximum atomic E-state index is 13.0. The van der Waals surface area contributed by atoms with Crippen molar-refractivity contribution in [2.45, 2.75) is 57.2 Å². The van der Waals surface area contributed by atoms with Crippen molar-refractivity contribution in [2.75, 3.05) is 19.6 Å². The van der Waals surface area contributed by atoms with Crippen molar-refractivity contribution in [1.82, 2.24) is 15.1 Å². The first-order valence-electron chi connectivity index (χ1n) is 9.73. The fourth-order valence-corrected chi connectivity index (χ4v) is 3.67. The number of carbonyl (C=O) groups excluding carboxylic acids is 1. The van der Waals surface area contributed by atoms with E-state index in [1.165, 1.54) is 12.1 Å². The lowest BCUT2D eigenvalue weighted by Crippen LogP contribution is -2.57. The molecule has 27 heavy (non-hydrogen) atoms. The molecule has 0 saturated heterocycles. The molecular weight excluding hydrogens is 349 g/mol. The molecule has 148 valence electrons. The van der Waals surface area contributed by atoms with Crippen LogP contribution in [0.4, 0.5) is 9.18 Å². The number of carboxylic acid groups (broad SMARTS) is 1. The number of carbonyl (C=O) groups is 2. The molecule has 2 aliphatic rings. The molecule has 2 aliphatic carbocycles. The third-order valence-electron chi connectivity index (χ3n) is 5.50. The Morgan fingerprint density at radius 3 is 2.41 bits per heavy atom. The van der Waals surface area contributed by atoms with Crippen LogP contribution in [0.5, 0.6) is 0 Å². The normalized spacial score (nSPS) is 21.6. The third-order valence-corrected chi connectivity index (χ3v) is 5.50. The minimum Gasteiger partial charge on any atom is -0.480 e. The molecule has 2 amide bonds. The predicted molar refractivity (Wildman–Crippen MR) is 100 cm³/mol. The van der Waals surface area contributed by atoms with Gasteiger partial charge in [-0.1, -0.05) is 19.1 Å². The summed E-state index contributed by atoms with van der Waals surface area (Å²) in [4.78, 5) is 27.4. The van der Waals surface area contributed by atoms with E-state index in [-0.39, 0.29) is 30.5 Å². The van der Waals surface area contributed by atoms with Gasteiger partial charge in [-0.3, -0.25) is 9.69 Å². The lowest BCUT2D eigenvalue weighted by molar-refractivity contribution is -0.139. The van der Waals surface area contributed by atoms with Crippen molar-refractivity contribution in [3.63, 3.8) is 0 Å². The molecule has 7 heteroatoms. The monoisotopic (exact) mass is 377 g/mol. The molecule has 0 heterocycles. The smallest absolute Gasteiger partial charge is 0.317 e. The zero-order chi connectivity index (χ0) is 19.4. The van der Waals surface area contributed by atoms with Crippen LogP contribution in [0.2, 0.25) is 0 Å². The summed E-state index contributed by atoms with van der Waals surface area (Å²) in [6.45, 7) is 3.33. The van der Waals surface area contributed by atoms with Crippen molar-refractivity contribution in [1.29, 1.82) is 0 Å². The van der Waals surface area contributed by atoms with Gasteiger partial charge in [0.15, 0.2) is 0 Å². The van der Waals surface area contributed by atoms with Gasteiger partial charge in [0.2, 0.25) is 0 Å². The number of aliphatic carboxylic acids is 1. The van der Waals surface area contributed by atoms with Gasteiger partial charge in [-0.15, -0.1) is 0 Å². The van der Waals surface area contributed by atoms with Gasteiger partial charge in [0.1, 0.15) is 5.82 Å². The van der Waals surface area contributed by atoms with Crippen LogP contribution < -0.4 is 5.32 Å². The number of carboxylic acids is 1. The Morgan fingerprint density at radius 2 is 1.85 bits per heavy atom. The topological polar surface area (TPSA) is 72.9 Å². The summed E-state index contributed by atoms with van der Waals surface area (Å²) in [6, 6.07) is 7.02. The molecule has 0 atom stereocenters. The van der Waals surface area contributed by atoms with Crippen LogP contribution in [-0.2, 0) is 11.2 Å². The fourth-order valence-electron chi connectivity index (χ4n) is 3.67. The standard InChI is InChI=1S/C20H28FN3O3/c1-2-23(13-19(25)26)18-11-16(12-18)22-20(27)24(17-7-8-17)10-9-14-3-5-15(21)6-4-14/h3-6,16-18H,2,7-13H2,1H3,(H,22,27)(H,25,26). The van der Waals surface area contributed by atoms with E-state index >= 15 is 0 Å². The van der Waals surface area contributed by atoms with Crippen LogP contribution in [0.1, 0.15) is 38.2 Å². The highest BCUT2D eigenvalue weighted by Gasteiger charge is 2.38. The number of rotatable bonds is 9. The lowest BCUT2D eigenvalue weighted by Gasteiger charge is -2.42. The molecular formula is C20H28FN3O3. The second-order valence-electron chi connectivity index (χ2n) is 7.53. The summed E-state index contributed by atoms with van der Waals surface area (Å²) in [5, 5.41) is 12.1. The minimum atomic E-state index is -0.815. The molecule has 1 aromatic rings. The van der Waals surface area contributed by atoms with Gasteiger partial charge in [-0.25, -0.2) is 9.18 Å². The molecule has 0 aliphatic heterocycles. The van der Waals surface area contributed by atoms with E-state index in [0.29, 0.717) is 25.6 Å². The molecule has 2 saturated carbocycles. The average Bonchev–Trinajstić information content (AvgIpc) is 3.42. The maximum Gasteiger partial charge on any atom is 0.317 e. The number of urea groups is 1. The summed E-state index contributed by atoms with van der Waals surface area (Å²) >= 11 is 0. The Hall–Kier alpha value is -2.15. The first kappa shape index (κ1) is 19.6.